The van der Waals surface area contributed by atoms with E-state index in [1.165, 1.54) is 55.0 Å². The van der Waals surface area contributed by atoms with Gasteiger partial charge in [-0.3, -0.25) is 12.2 Å². The standard InChI is InChI=1S/2C17H15.C7H8Si.2ClH.Zr/c2*1-12-9-13(2)17(10-12)16-8-7-14-5-3-4-6-15(14)11-16;1-8-7-5-3-2-4-6-7;;;/h2*3-8,10-12H,1-2H3;2-6H,1H3;2*1H;/q2*-1;;;;+2/p-2. The first-order chi connectivity index (χ1) is 20.8. The van der Waals surface area contributed by atoms with E-state index in [9.17, 15) is 0 Å². The van der Waals surface area contributed by atoms with Gasteiger partial charge in [-0.05, 0) is 21.5 Å². The van der Waals surface area contributed by atoms with Gasteiger partial charge in [0.25, 0.3) is 0 Å². The maximum absolute atomic E-state index is 3.44. The molecule has 4 heteroatoms. The van der Waals surface area contributed by atoms with Crippen LogP contribution in [0.3, 0.4) is 0 Å². The molecule has 0 bridgehead atoms. The quantitative estimate of drug-likeness (QED) is 0.193. The third kappa shape index (κ3) is 9.63. The Morgan fingerprint density at radius 1 is 0.533 bits per heavy atom. The Hall–Kier alpha value is -2.74. The molecule has 2 aliphatic rings. The van der Waals surface area contributed by atoms with Crippen molar-refractivity contribution < 1.29 is 48.1 Å². The van der Waals surface area contributed by atoms with Crippen molar-refractivity contribution >= 4 is 43.3 Å². The Morgan fingerprint density at radius 3 is 1.24 bits per heavy atom. The molecule has 7 rings (SSSR count). The van der Waals surface area contributed by atoms with E-state index in [0.717, 1.165) is 0 Å². The second kappa shape index (κ2) is 17.3. The first kappa shape index (κ1) is 36.7. The number of benzene rings is 5. The summed E-state index contributed by atoms with van der Waals surface area (Å²) in [5, 5.41) is 6.76. The van der Waals surface area contributed by atoms with Gasteiger partial charge in [0.1, 0.15) is 0 Å². The van der Waals surface area contributed by atoms with Crippen LogP contribution in [0.15, 0.2) is 139 Å². The molecule has 2 atom stereocenters. The molecule has 0 aliphatic heterocycles. The average Bonchev–Trinajstić information content (AvgIpc) is 3.56. The third-order valence-electron chi connectivity index (χ3n) is 7.86. The van der Waals surface area contributed by atoms with Crippen molar-refractivity contribution in [1.29, 1.82) is 0 Å². The first-order valence-corrected chi connectivity index (χ1v) is 20.7. The zero-order chi connectivity index (χ0) is 30.3. The van der Waals surface area contributed by atoms with Crippen LogP contribution in [0.2, 0.25) is 6.55 Å². The van der Waals surface area contributed by atoms with Gasteiger partial charge in [0.2, 0.25) is 0 Å². The predicted octanol–water partition coefficient (Wildman–Crippen LogP) is 4.31. The van der Waals surface area contributed by atoms with Crippen LogP contribution in [0.1, 0.15) is 38.8 Å². The van der Waals surface area contributed by atoms with Crippen LogP contribution in [-0.2, 0) is 23.3 Å². The van der Waals surface area contributed by atoms with E-state index in [4.69, 9.17) is 0 Å². The number of allylic oxidation sites excluding steroid dienone is 8. The van der Waals surface area contributed by atoms with E-state index < -0.39 is 0 Å². The summed E-state index contributed by atoms with van der Waals surface area (Å²) in [5.74, 6) is 0.882. The van der Waals surface area contributed by atoms with Gasteiger partial charge in [0, 0.05) is 0 Å². The van der Waals surface area contributed by atoms with E-state index >= 15 is 0 Å². The molecule has 0 N–H and O–H groups in total. The molecular formula is C41H38Cl2SiZr-2. The van der Waals surface area contributed by atoms with E-state index in [1.54, 1.807) is 28.5 Å². The van der Waals surface area contributed by atoms with Crippen molar-refractivity contribution in [1.82, 2.24) is 0 Å². The van der Waals surface area contributed by atoms with E-state index in [2.05, 4.69) is 174 Å². The summed E-state index contributed by atoms with van der Waals surface area (Å²) in [6.07, 6.45) is 11.5. The molecule has 0 saturated heterocycles. The Morgan fingerprint density at radius 2 is 0.911 bits per heavy atom. The van der Waals surface area contributed by atoms with Gasteiger partial charge >= 0.3 is 70.8 Å². The van der Waals surface area contributed by atoms with Crippen molar-refractivity contribution in [2.45, 2.75) is 34.2 Å². The van der Waals surface area contributed by atoms with Crippen LogP contribution in [0.25, 0.3) is 32.7 Å². The second-order valence-corrected chi connectivity index (χ2v) is 18.7. The summed E-state index contributed by atoms with van der Waals surface area (Å²) in [6.45, 7) is 11.0. The van der Waals surface area contributed by atoms with Gasteiger partial charge in [-0.2, -0.15) is 23.3 Å². The minimum atomic E-state index is -0.122. The molecule has 0 spiro atoms. The fourth-order valence-corrected chi connectivity index (χ4v) is 7.62. The van der Waals surface area contributed by atoms with Crippen LogP contribution < -0.4 is 30.0 Å². The number of halogens is 2. The van der Waals surface area contributed by atoms with E-state index in [1.807, 2.05) is 0 Å². The molecule has 0 amide bonds. The molecule has 226 valence electrons. The summed E-state index contributed by atoms with van der Waals surface area (Å²) in [7, 11) is 0. The molecule has 2 aliphatic carbocycles. The number of fused-ring (bicyclic) bond motifs is 2. The van der Waals surface area contributed by atoms with Crippen molar-refractivity contribution in [2.75, 3.05) is 0 Å². The van der Waals surface area contributed by atoms with Crippen LogP contribution in [0.5, 0.6) is 0 Å². The summed E-state index contributed by atoms with van der Waals surface area (Å²) >= 11 is 1.69. The molecule has 0 nitrogen and oxygen atoms in total. The Bertz CT molecular complexity index is 1780. The summed E-state index contributed by atoms with van der Waals surface area (Å²) in [5.41, 5.74) is 7.70. The smallest absolute Gasteiger partial charge is 1.00 e. The first-order valence-electron chi connectivity index (χ1n) is 15.0. The molecule has 0 fully saturated rings. The van der Waals surface area contributed by atoms with Crippen LogP contribution in [-0.4, -0.2) is 5.43 Å². The molecule has 0 aromatic heterocycles. The largest absolute Gasteiger partial charge is 1.00 e. The van der Waals surface area contributed by atoms with Crippen molar-refractivity contribution in [3.05, 3.63) is 162 Å². The topological polar surface area (TPSA) is 0 Å². The van der Waals surface area contributed by atoms with E-state index in [-0.39, 0.29) is 30.2 Å². The normalized spacial score (nSPS) is 16.4. The number of rotatable bonds is 3. The summed E-state index contributed by atoms with van der Waals surface area (Å²) in [4.78, 5) is 0. The Labute approximate surface area is 297 Å². The molecule has 5 aromatic carbocycles. The second-order valence-electron chi connectivity index (χ2n) is 11.4. The minimum Gasteiger partial charge on any atom is -1.00 e. The Balaban J connectivity index is 0.000000189. The van der Waals surface area contributed by atoms with E-state index in [0.29, 0.717) is 11.8 Å². The summed E-state index contributed by atoms with van der Waals surface area (Å²) < 4.78 is 0. The molecule has 0 radical (unpaired) electrons. The van der Waals surface area contributed by atoms with Crippen molar-refractivity contribution in [3.8, 4) is 0 Å². The average molecular weight is 721 g/mol. The van der Waals surface area contributed by atoms with Gasteiger partial charge in [0.05, 0.1) is 0 Å². The monoisotopic (exact) mass is 718 g/mol. The zero-order valence-corrected chi connectivity index (χ0v) is 31.5. The van der Waals surface area contributed by atoms with Crippen molar-refractivity contribution in [3.63, 3.8) is 0 Å². The molecule has 5 aromatic rings. The molecule has 2 unspecified atom stereocenters. The minimum absolute atomic E-state index is 0. The van der Waals surface area contributed by atoms with Crippen LogP contribution >= 0.6 is 0 Å². The fraction of sp³-hybridized carbons (Fsp3) is 0.171. The van der Waals surface area contributed by atoms with Gasteiger partial charge in [0.15, 0.2) is 0 Å². The van der Waals surface area contributed by atoms with Gasteiger partial charge in [-0.25, -0.2) is 11.1 Å². The molecule has 45 heavy (non-hydrogen) atoms. The zero-order valence-electron chi connectivity index (χ0n) is 26.5. The molecule has 0 saturated carbocycles. The van der Waals surface area contributed by atoms with Crippen molar-refractivity contribution in [2.24, 2.45) is 11.8 Å². The molecule has 0 heterocycles. The SMILES string of the molecule is CC1=[C-]C(C)C=C1c1ccc2ccccc2c1.CC1=[C-]C(C)C=C1c1ccc2ccccc2c1.C[Si](=[Zr+2])c1ccccc1.[Cl-].[Cl-]. The number of hydrogen-bond acceptors (Lipinski definition) is 0. The van der Waals surface area contributed by atoms with Gasteiger partial charge < -0.3 is 24.8 Å². The van der Waals surface area contributed by atoms with Crippen LogP contribution in [0, 0.1) is 24.0 Å². The van der Waals surface area contributed by atoms with Crippen LogP contribution in [0.4, 0.5) is 0 Å². The maximum atomic E-state index is 3.44. The molecular weight excluding hydrogens is 683 g/mol. The van der Waals surface area contributed by atoms with Gasteiger partial charge in [-0.15, -0.1) is 0 Å². The Kier molecular flexibility index (Phi) is 14.1. The maximum Gasteiger partial charge on any atom is -1.00 e. The summed E-state index contributed by atoms with van der Waals surface area (Å²) in [6, 6.07) is 41.1. The predicted molar refractivity (Wildman–Crippen MR) is 185 cm³/mol. The number of hydrogen-bond donors (Lipinski definition) is 0. The van der Waals surface area contributed by atoms with Gasteiger partial charge in [-0.1, -0.05) is 136 Å². The fourth-order valence-electron chi connectivity index (χ4n) is 5.70. The third-order valence-corrected chi connectivity index (χ3v) is 11.2.